The number of nitrogens with zero attached hydrogens (tertiary/aromatic N) is 1. The van der Waals surface area contributed by atoms with Crippen LogP contribution in [0.2, 0.25) is 0 Å². The fourth-order valence-corrected chi connectivity index (χ4v) is 2.63. The minimum atomic E-state index is -4.61. The van der Waals surface area contributed by atoms with E-state index in [9.17, 15) is 17.6 Å². The first kappa shape index (κ1) is 14.7. The van der Waals surface area contributed by atoms with Crippen LogP contribution in [0.1, 0.15) is 10.4 Å². The van der Waals surface area contributed by atoms with Crippen molar-refractivity contribution in [2.45, 2.75) is 12.7 Å². The Morgan fingerprint density at radius 3 is 2.60 bits per heavy atom. The van der Waals surface area contributed by atoms with Gasteiger partial charge in [0, 0.05) is 17.0 Å². The molecule has 0 spiro atoms. The maximum absolute atomic E-state index is 13.4. The summed E-state index contributed by atoms with van der Waals surface area (Å²) in [5, 5.41) is 3.09. The van der Waals surface area contributed by atoms with Gasteiger partial charge in [0.25, 0.3) is 0 Å². The third-order valence-corrected chi connectivity index (χ3v) is 3.43. The molecule has 0 aliphatic carbocycles. The van der Waals surface area contributed by atoms with Crippen LogP contribution in [0.5, 0.6) is 0 Å². The van der Waals surface area contributed by atoms with Crippen LogP contribution in [-0.2, 0) is 12.7 Å². The molecular formula is C12H11F4N3S. The Morgan fingerprint density at radius 1 is 1.30 bits per heavy atom. The molecule has 0 radical (unpaired) electrons. The van der Waals surface area contributed by atoms with Crippen molar-refractivity contribution < 1.29 is 17.6 Å². The smallest absolute Gasteiger partial charge is 0.375 e. The van der Waals surface area contributed by atoms with Gasteiger partial charge in [-0.3, -0.25) is 0 Å². The molecule has 3 N–H and O–H groups in total. The molecule has 0 saturated carbocycles. The normalized spacial score (nSPS) is 11.8. The molecule has 1 aromatic carbocycles. The number of benzene rings is 1. The topological polar surface area (TPSA) is 50.9 Å². The molecule has 0 aliphatic rings. The van der Waals surface area contributed by atoms with Gasteiger partial charge in [-0.1, -0.05) is 0 Å². The van der Waals surface area contributed by atoms with E-state index in [1.165, 1.54) is 0 Å². The van der Waals surface area contributed by atoms with Gasteiger partial charge in [0.05, 0.1) is 11.3 Å². The molecule has 108 valence electrons. The van der Waals surface area contributed by atoms with Crippen molar-refractivity contribution in [3.63, 3.8) is 0 Å². The highest BCUT2D eigenvalue weighted by Gasteiger charge is 2.31. The number of alkyl halides is 3. The van der Waals surface area contributed by atoms with Crippen LogP contribution in [0.3, 0.4) is 0 Å². The summed E-state index contributed by atoms with van der Waals surface area (Å²) in [5.74, 6) is -0.961. The minimum Gasteiger partial charge on any atom is -0.375 e. The average Bonchev–Trinajstić information content (AvgIpc) is 2.69. The first-order valence-corrected chi connectivity index (χ1v) is 6.41. The second-order valence-corrected chi connectivity index (χ2v) is 5.20. The second-order valence-electron chi connectivity index (χ2n) is 4.08. The van der Waals surface area contributed by atoms with Crippen molar-refractivity contribution in [1.82, 2.24) is 10.3 Å². The van der Waals surface area contributed by atoms with Gasteiger partial charge in [0.15, 0.2) is 5.13 Å². The van der Waals surface area contributed by atoms with Crippen molar-refractivity contribution in [3.8, 4) is 11.3 Å². The Hall–Kier alpha value is -1.67. The number of rotatable bonds is 3. The van der Waals surface area contributed by atoms with E-state index >= 15 is 0 Å². The molecule has 20 heavy (non-hydrogen) atoms. The highest BCUT2D eigenvalue weighted by molar-refractivity contribution is 7.15. The van der Waals surface area contributed by atoms with Crippen LogP contribution in [0.4, 0.5) is 22.7 Å². The first-order chi connectivity index (χ1) is 9.31. The van der Waals surface area contributed by atoms with Gasteiger partial charge in [-0.15, -0.1) is 11.3 Å². The minimum absolute atomic E-state index is 0.0653. The number of nitrogen functional groups attached to an aromatic ring is 1. The van der Waals surface area contributed by atoms with E-state index in [0.717, 1.165) is 23.5 Å². The molecular weight excluding hydrogens is 294 g/mol. The number of anilines is 1. The molecule has 1 aromatic heterocycles. The van der Waals surface area contributed by atoms with Crippen LogP contribution in [0.15, 0.2) is 18.2 Å². The second kappa shape index (κ2) is 5.37. The zero-order valence-electron chi connectivity index (χ0n) is 10.4. The fraction of sp³-hybridized carbons (Fsp3) is 0.250. The SMILES string of the molecule is CNCc1sc(N)nc1-c1cc(F)cc(C(F)(F)F)c1. The van der Waals surface area contributed by atoms with Crippen molar-refractivity contribution in [3.05, 3.63) is 34.5 Å². The summed E-state index contributed by atoms with van der Waals surface area (Å²) in [4.78, 5) is 4.64. The number of hydrogen-bond acceptors (Lipinski definition) is 4. The Labute approximate surface area is 116 Å². The summed E-state index contributed by atoms with van der Waals surface area (Å²) in [6.07, 6.45) is -4.61. The van der Waals surface area contributed by atoms with Crippen LogP contribution >= 0.6 is 11.3 Å². The summed E-state index contributed by atoms with van der Waals surface area (Å²) in [6, 6.07) is 2.34. The summed E-state index contributed by atoms with van der Waals surface area (Å²) >= 11 is 1.15. The maximum Gasteiger partial charge on any atom is 0.416 e. The van der Waals surface area contributed by atoms with E-state index in [1.54, 1.807) is 7.05 Å². The highest BCUT2D eigenvalue weighted by atomic mass is 32.1. The van der Waals surface area contributed by atoms with Gasteiger partial charge >= 0.3 is 6.18 Å². The summed E-state index contributed by atoms with van der Waals surface area (Å²) in [6.45, 7) is 0.391. The third-order valence-electron chi connectivity index (χ3n) is 2.55. The van der Waals surface area contributed by atoms with E-state index in [4.69, 9.17) is 5.73 Å². The number of thiazole rings is 1. The van der Waals surface area contributed by atoms with E-state index in [-0.39, 0.29) is 16.4 Å². The Kier molecular flexibility index (Phi) is 3.96. The number of nitrogens with two attached hydrogens (primary N) is 1. The van der Waals surface area contributed by atoms with Crippen LogP contribution in [0.25, 0.3) is 11.3 Å². The van der Waals surface area contributed by atoms with Crippen LogP contribution in [-0.4, -0.2) is 12.0 Å². The standard InChI is InChI=1S/C12H11F4N3S/c1-18-5-9-10(19-11(17)20-9)6-2-7(12(14,15)16)4-8(13)3-6/h2-4,18H,5H2,1H3,(H2,17,19). The van der Waals surface area contributed by atoms with Crippen molar-refractivity contribution in [2.75, 3.05) is 12.8 Å². The van der Waals surface area contributed by atoms with E-state index in [2.05, 4.69) is 10.3 Å². The van der Waals surface area contributed by atoms with E-state index in [1.807, 2.05) is 0 Å². The zero-order valence-corrected chi connectivity index (χ0v) is 11.2. The molecule has 1 heterocycles. The lowest BCUT2D eigenvalue weighted by Gasteiger charge is -2.09. The molecule has 2 rings (SSSR count). The predicted octanol–water partition coefficient (Wildman–Crippen LogP) is 3.27. The molecule has 2 aromatic rings. The van der Waals surface area contributed by atoms with Crippen molar-refractivity contribution in [1.29, 1.82) is 0 Å². The highest BCUT2D eigenvalue weighted by Crippen LogP contribution is 2.35. The zero-order chi connectivity index (χ0) is 14.9. The first-order valence-electron chi connectivity index (χ1n) is 5.59. The predicted molar refractivity (Wildman–Crippen MR) is 69.7 cm³/mol. The lowest BCUT2D eigenvalue weighted by Crippen LogP contribution is -2.07. The Balaban J connectivity index is 2.55. The molecule has 0 saturated heterocycles. The molecule has 0 bridgehead atoms. The van der Waals surface area contributed by atoms with Crippen molar-refractivity contribution >= 4 is 16.5 Å². The largest absolute Gasteiger partial charge is 0.416 e. The van der Waals surface area contributed by atoms with Gasteiger partial charge in [0.1, 0.15) is 5.82 Å². The lowest BCUT2D eigenvalue weighted by atomic mass is 10.1. The third kappa shape index (κ3) is 3.07. The molecule has 0 unspecified atom stereocenters. The fourth-order valence-electron chi connectivity index (χ4n) is 1.77. The molecule has 0 amide bonds. The van der Waals surface area contributed by atoms with Gasteiger partial charge < -0.3 is 11.1 Å². The number of halogens is 4. The quantitative estimate of drug-likeness (QED) is 0.856. The lowest BCUT2D eigenvalue weighted by molar-refractivity contribution is -0.137. The molecule has 0 fully saturated rings. The Morgan fingerprint density at radius 2 is 2.00 bits per heavy atom. The van der Waals surface area contributed by atoms with Crippen molar-refractivity contribution in [2.24, 2.45) is 0 Å². The van der Waals surface area contributed by atoms with E-state index in [0.29, 0.717) is 17.5 Å². The molecule has 0 aliphatic heterocycles. The molecule has 3 nitrogen and oxygen atoms in total. The Bertz CT molecular complexity index is 622. The monoisotopic (exact) mass is 305 g/mol. The average molecular weight is 305 g/mol. The van der Waals surface area contributed by atoms with Gasteiger partial charge in [-0.25, -0.2) is 9.37 Å². The number of hydrogen-bond donors (Lipinski definition) is 2. The van der Waals surface area contributed by atoms with Gasteiger partial charge in [-0.2, -0.15) is 13.2 Å². The maximum atomic E-state index is 13.4. The summed E-state index contributed by atoms with van der Waals surface area (Å²) in [5.41, 5.74) is 4.86. The number of aromatic nitrogens is 1. The van der Waals surface area contributed by atoms with Gasteiger partial charge in [-0.05, 0) is 25.2 Å². The molecule has 8 heteroatoms. The number of nitrogens with one attached hydrogen (secondary N) is 1. The summed E-state index contributed by atoms with van der Waals surface area (Å²) in [7, 11) is 1.69. The van der Waals surface area contributed by atoms with Gasteiger partial charge in [0.2, 0.25) is 0 Å². The molecule has 0 atom stereocenters. The van der Waals surface area contributed by atoms with Crippen LogP contribution in [0, 0.1) is 5.82 Å². The van der Waals surface area contributed by atoms with E-state index < -0.39 is 17.6 Å². The summed E-state index contributed by atoms with van der Waals surface area (Å²) < 4.78 is 51.5. The van der Waals surface area contributed by atoms with Crippen LogP contribution < -0.4 is 11.1 Å².